The first-order chi connectivity index (χ1) is 12.1. The number of hydrogen-bond donors (Lipinski definition) is 0. The number of piperidine rings is 1. The molecule has 0 bridgehead atoms. The van der Waals surface area contributed by atoms with Gasteiger partial charge in [0.25, 0.3) is 0 Å². The van der Waals surface area contributed by atoms with Gasteiger partial charge >= 0.3 is 0 Å². The minimum Gasteiger partial charge on any atom is -0.490 e. The molecule has 0 amide bonds. The first kappa shape index (κ1) is 16.2. The number of fused-ring (bicyclic) bond motifs is 1. The summed E-state index contributed by atoms with van der Waals surface area (Å²) >= 11 is 0. The SMILES string of the molecule is Cc1c(-c2ccc(OC3CCN(C)C(C)C3)cc2)ccc2nccn12. The second kappa shape index (κ2) is 6.52. The van der Waals surface area contributed by atoms with E-state index in [1.54, 1.807) is 0 Å². The van der Waals surface area contributed by atoms with Crippen LogP contribution in [-0.2, 0) is 0 Å². The van der Waals surface area contributed by atoms with E-state index in [-0.39, 0.29) is 0 Å². The Morgan fingerprint density at radius 1 is 1.12 bits per heavy atom. The topological polar surface area (TPSA) is 29.8 Å². The molecule has 0 aliphatic carbocycles. The molecule has 2 aromatic heterocycles. The number of likely N-dealkylation sites (tertiary alicyclic amines) is 1. The van der Waals surface area contributed by atoms with E-state index in [0.717, 1.165) is 30.8 Å². The summed E-state index contributed by atoms with van der Waals surface area (Å²) < 4.78 is 8.34. The maximum absolute atomic E-state index is 6.21. The second-order valence-electron chi connectivity index (χ2n) is 7.11. The molecule has 2 unspecified atom stereocenters. The van der Waals surface area contributed by atoms with Gasteiger partial charge in [0.1, 0.15) is 17.5 Å². The van der Waals surface area contributed by atoms with Crippen LogP contribution in [0.25, 0.3) is 16.8 Å². The molecule has 0 N–H and O–H groups in total. The van der Waals surface area contributed by atoms with Crippen molar-refractivity contribution in [1.82, 2.24) is 14.3 Å². The predicted octanol–water partition coefficient (Wildman–Crippen LogP) is 4.17. The second-order valence-corrected chi connectivity index (χ2v) is 7.11. The molecule has 1 aliphatic rings. The molecule has 4 nitrogen and oxygen atoms in total. The van der Waals surface area contributed by atoms with E-state index in [1.807, 2.05) is 12.4 Å². The van der Waals surface area contributed by atoms with Crippen molar-refractivity contribution in [2.45, 2.75) is 38.8 Å². The van der Waals surface area contributed by atoms with Crippen molar-refractivity contribution >= 4 is 5.65 Å². The van der Waals surface area contributed by atoms with Gasteiger partial charge in [-0.1, -0.05) is 12.1 Å². The quantitative estimate of drug-likeness (QED) is 0.719. The number of imidazole rings is 1. The average Bonchev–Trinajstić information content (AvgIpc) is 3.09. The van der Waals surface area contributed by atoms with Crippen LogP contribution >= 0.6 is 0 Å². The van der Waals surface area contributed by atoms with Gasteiger partial charge in [0.05, 0.1) is 0 Å². The Balaban J connectivity index is 1.52. The molecule has 3 aromatic rings. The highest BCUT2D eigenvalue weighted by molar-refractivity contribution is 5.68. The highest BCUT2D eigenvalue weighted by Gasteiger charge is 2.24. The standard InChI is InChI=1S/C21H25N3O/c1-15-14-19(10-12-23(15)3)25-18-6-4-17(5-7-18)20-8-9-21-22-11-13-24(21)16(20)2/h4-9,11,13,15,19H,10,12,14H2,1-3H3. The van der Waals surface area contributed by atoms with Crippen LogP contribution in [0, 0.1) is 6.92 Å². The van der Waals surface area contributed by atoms with Crippen LogP contribution in [0.4, 0.5) is 0 Å². The van der Waals surface area contributed by atoms with Crippen molar-refractivity contribution in [3.8, 4) is 16.9 Å². The molecule has 1 aliphatic heterocycles. The summed E-state index contributed by atoms with van der Waals surface area (Å²) in [5.41, 5.74) is 4.62. The lowest BCUT2D eigenvalue weighted by Gasteiger charge is -2.35. The first-order valence-electron chi connectivity index (χ1n) is 9.02. The van der Waals surface area contributed by atoms with Crippen molar-refractivity contribution in [2.75, 3.05) is 13.6 Å². The van der Waals surface area contributed by atoms with E-state index >= 15 is 0 Å². The van der Waals surface area contributed by atoms with E-state index < -0.39 is 0 Å². The summed E-state index contributed by atoms with van der Waals surface area (Å²) in [5, 5.41) is 0. The third kappa shape index (κ3) is 3.14. The third-order valence-electron chi connectivity index (χ3n) is 5.45. The molecule has 0 radical (unpaired) electrons. The fraction of sp³-hybridized carbons (Fsp3) is 0.381. The number of aryl methyl sites for hydroxylation is 1. The Morgan fingerprint density at radius 3 is 2.68 bits per heavy atom. The van der Waals surface area contributed by atoms with Gasteiger partial charge in [0.15, 0.2) is 0 Å². The summed E-state index contributed by atoms with van der Waals surface area (Å²) in [5.74, 6) is 0.965. The molecule has 0 saturated carbocycles. The molecule has 1 aromatic carbocycles. The van der Waals surface area contributed by atoms with Crippen LogP contribution in [0.15, 0.2) is 48.8 Å². The van der Waals surface area contributed by atoms with E-state index in [9.17, 15) is 0 Å². The molecule has 1 fully saturated rings. The highest BCUT2D eigenvalue weighted by Crippen LogP contribution is 2.28. The van der Waals surface area contributed by atoms with Crippen molar-refractivity contribution < 1.29 is 4.74 Å². The maximum Gasteiger partial charge on any atom is 0.136 e. The Hall–Kier alpha value is -2.33. The van der Waals surface area contributed by atoms with Gasteiger partial charge in [-0.3, -0.25) is 0 Å². The monoisotopic (exact) mass is 335 g/mol. The van der Waals surface area contributed by atoms with Crippen LogP contribution < -0.4 is 4.74 Å². The van der Waals surface area contributed by atoms with Gasteiger partial charge in [0.2, 0.25) is 0 Å². The highest BCUT2D eigenvalue weighted by atomic mass is 16.5. The number of ether oxygens (including phenoxy) is 1. The van der Waals surface area contributed by atoms with Gasteiger partial charge in [0, 0.05) is 36.2 Å². The van der Waals surface area contributed by atoms with E-state index in [4.69, 9.17) is 4.74 Å². The Kier molecular flexibility index (Phi) is 4.22. The number of benzene rings is 1. The van der Waals surface area contributed by atoms with Crippen molar-refractivity contribution in [2.24, 2.45) is 0 Å². The van der Waals surface area contributed by atoms with Crippen LogP contribution in [0.5, 0.6) is 5.75 Å². The maximum atomic E-state index is 6.21. The molecule has 0 spiro atoms. The molecule has 25 heavy (non-hydrogen) atoms. The van der Waals surface area contributed by atoms with E-state index in [1.165, 1.54) is 16.8 Å². The molecular formula is C21H25N3O. The largest absolute Gasteiger partial charge is 0.490 e. The summed E-state index contributed by atoms with van der Waals surface area (Å²) in [6.07, 6.45) is 6.35. The van der Waals surface area contributed by atoms with E-state index in [0.29, 0.717) is 12.1 Å². The number of pyridine rings is 1. The van der Waals surface area contributed by atoms with E-state index in [2.05, 4.69) is 71.6 Å². The number of rotatable bonds is 3. The normalized spacial score (nSPS) is 21.6. The Labute approximate surface area is 149 Å². The molecular weight excluding hydrogens is 310 g/mol. The lowest BCUT2D eigenvalue weighted by atomic mass is 10.0. The smallest absolute Gasteiger partial charge is 0.136 e. The van der Waals surface area contributed by atoms with Gasteiger partial charge in [-0.2, -0.15) is 0 Å². The van der Waals surface area contributed by atoms with Crippen molar-refractivity contribution in [1.29, 1.82) is 0 Å². The first-order valence-corrected chi connectivity index (χ1v) is 9.02. The molecule has 2 atom stereocenters. The van der Waals surface area contributed by atoms with Crippen molar-refractivity contribution in [3.63, 3.8) is 0 Å². The van der Waals surface area contributed by atoms with Gasteiger partial charge in [-0.05, 0) is 63.6 Å². The Morgan fingerprint density at radius 2 is 1.92 bits per heavy atom. The molecule has 4 rings (SSSR count). The Bertz CT molecular complexity index is 868. The minimum absolute atomic E-state index is 0.320. The fourth-order valence-electron chi connectivity index (χ4n) is 3.69. The lowest BCUT2D eigenvalue weighted by molar-refractivity contribution is 0.0791. The van der Waals surface area contributed by atoms with Crippen LogP contribution in [0.3, 0.4) is 0 Å². The van der Waals surface area contributed by atoms with Gasteiger partial charge in [-0.15, -0.1) is 0 Å². The molecule has 3 heterocycles. The molecule has 4 heteroatoms. The number of aromatic nitrogens is 2. The minimum atomic E-state index is 0.320. The lowest BCUT2D eigenvalue weighted by Crippen LogP contribution is -2.41. The van der Waals surface area contributed by atoms with Crippen LogP contribution in [0.1, 0.15) is 25.5 Å². The number of hydrogen-bond acceptors (Lipinski definition) is 3. The zero-order valence-electron chi connectivity index (χ0n) is 15.1. The average molecular weight is 335 g/mol. The summed E-state index contributed by atoms with van der Waals surface area (Å²) in [4.78, 5) is 6.75. The third-order valence-corrected chi connectivity index (χ3v) is 5.45. The summed E-state index contributed by atoms with van der Waals surface area (Å²) in [7, 11) is 2.19. The zero-order valence-corrected chi connectivity index (χ0v) is 15.1. The van der Waals surface area contributed by atoms with Crippen molar-refractivity contribution in [3.05, 3.63) is 54.5 Å². The van der Waals surface area contributed by atoms with Crippen LogP contribution in [-0.4, -0.2) is 40.0 Å². The zero-order chi connectivity index (χ0) is 17.4. The molecule has 1 saturated heterocycles. The van der Waals surface area contributed by atoms with Gasteiger partial charge < -0.3 is 14.0 Å². The van der Waals surface area contributed by atoms with Crippen LogP contribution in [0.2, 0.25) is 0 Å². The summed E-state index contributed by atoms with van der Waals surface area (Å²) in [6.45, 7) is 5.51. The predicted molar refractivity (Wildman–Crippen MR) is 101 cm³/mol. The number of nitrogens with zero attached hydrogens (tertiary/aromatic N) is 3. The van der Waals surface area contributed by atoms with Gasteiger partial charge in [-0.25, -0.2) is 4.98 Å². The fourth-order valence-corrected chi connectivity index (χ4v) is 3.69. The summed E-state index contributed by atoms with van der Waals surface area (Å²) in [6, 6.07) is 13.3. The molecule has 130 valence electrons.